The Labute approximate surface area is 162 Å². The maximum Gasteiger partial charge on any atom is 0.416 e. The Morgan fingerprint density at radius 3 is 2.48 bits per heavy atom. The van der Waals surface area contributed by atoms with Gasteiger partial charge < -0.3 is 0 Å². The van der Waals surface area contributed by atoms with Crippen molar-refractivity contribution in [1.82, 2.24) is 9.78 Å². The first-order valence-corrected chi connectivity index (χ1v) is 9.88. The summed E-state index contributed by atoms with van der Waals surface area (Å²) in [5.41, 5.74) is -0.136. The van der Waals surface area contributed by atoms with Crippen molar-refractivity contribution in [2.45, 2.75) is 17.6 Å². The number of hydrogen-bond acceptors (Lipinski definition) is 3. The van der Waals surface area contributed by atoms with Gasteiger partial charge in [0.15, 0.2) is 0 Å². The molecule has 2 aromatic carbocycles. The Kier molecular flexibility index (Phi) is 5.29. The quantitative estimate of drug-likeness (QED) is 0.610. The average molecular weight is 460 g/mol. The molecule has 0 radical (unpaired) electrons. The van der Waals surface area contributed by atoms with Crippen LogP contribution in [0.1, 0.15) is 11.1 Å². The minimum Gasteiger partial charge on any atom is -0.276 e. The van der Waals surface area contributed by atoms with Gasteiger partial charge in [-0.2, -0.15) is 18.3 Å². The molecule has 1 aromatic heterocycles. The van der Waals surface area contributed by atoms with E-state index in [1.165, 1.54) is 35.3 Å². The van der Waals surface area contributed by atoms with Crippen LogP contribution in [0, 0.1) is 0 Å². The third-order valence-corrected chi connectivity index (χ3v) is 5.53. The lowest BCUT2D eigenvalue weighted by Crippen LogP contribution is -2.12. The van der Waals surface area contributed by atoms with E-state index in [0.717, 1.165) is 16.6 Å². The van der Waals surface area contributed by atoms with Crippen LogP contribution < -0.4 is 4.72 Å². The van der Waals surface area contributed by atoms with Gasteiger partial charge in [-0.25, -0.2) is 8.42 Å². The number of nitrogens with zero attached hydrogens (tertiary/aromatic N) is 2. The van der Waals surface area contributed by atoms with Crippen molar-refractivity contribution in [3.05, 3.63) is 76.5 Å². The molecule has 10 heteroatoms. The molecular weight excluding hydrogens is 447 g/mol. The zero-order valence-electron chi connectivity index (χ0n) is 13.6. The lowest BCUT2D eigenvalue weighted by atomic mass is 10.1. The lowest BCUT2D eigenvalue weighted by Gasteiger charge is -2.09. The summed E-state index contributed by atoms with van der Waals surface area (Å²) in [5, 5.41) is 4.00. The molecule has 0 atom stereocenters. The summed E-state index contributed by atoms with van der Waals surface area (Å²) in [5.74, 6) is 0. The van der Waals surface area contributed by atoms with E-state index in [0.29, 0.717) is 5.56 Å². The van der Waals surface area contributed by atoms with Gasteiger partial charge in [-0.3, -0.25) is 9.40 Å². The Balaban J connectivity index is 1.75. The molecule has 0 aliphatic carbocycles. The number of anilines is 1. The average Bonchev–Trinajstić information content (AvgIpc) is 3.01. The molecule has 0 saturated heterocycles. The Bertz CT molecular complexity index is 1050. The number of sulfonamides is 1. The van der Waals surface area contributed by atoms with Crippen molar-refractivity contribution in [3.8, 4) is 0 Å². The molecule has 3 rings (SSSR count). The van der Waals surface area contributed by atoms with Gasteiger partial charge in [0, 0.05) is 10.7 Å². The first-order valence-electron chi connectivity index (χ1n) is 7.60. The molecular formula is C17H13BrF3N3O2S. The van der Waals surface area contributed by atoms with Crippen LogP contribution in [0.15, 0.2) is 70.3 Å². The predicted molar refractivity (Wildman–Crippen MR) is 97.7 cm³/mol. The van der Waals surface area contributed by atoms with E-state index in [-0.39, 0.29) is 17.1 Å². The molecule has 0 spiro atoms. The van der Waals surface area contributed by atoms with Crippen LogP contribution in [0.2, 0.25) is 0 Å². The third kappa shape index (κ3) is 4.89. The van der Waals surface area contributed by atoms with Crippen molar-refractivity contribution < 1.29 is 21.6 Å². The minimum absolute atomic E-state index is 0.0733. The van der Waals surface area contributed by atoms with E-state index in [1.807, 2.05) is 0 Å². The largest absolute Gasteiger partial charge is 0.416 e. The molecule has 1 N–H and O–H groups in total. The highest BCUT2D eigenvalue weighted by Crippen LogP contribution is 2.29. The molecule has 0 bridgehead atoms. The van der Waals surface area contributed by atoms with Gasteiger partial charge in [-0.1, -0.05) is 28.1 Å². The zero-order chi connectivity index (χ0) is 19.7. The summed E-state index contributed by atoms with van der Waals surface area (Å²) in [6.07, 6.45) is -1.72. The van der Waals surface area contributed by atoms with Gasteiger partial charge in [0.05, 0.1) is 28.9 Å². The summed E-state index contributed by atoms with van der Waals surface area (Å²) >= 11 is 3.23. The fourth-order valence-corrected chi connectivity index (χ4v) is 3.66. The monoisotopic (exact) mass is 459 g/mol. The molecule has 3 aromatic rings. The van der Waals surface area contributed by atoms with Gasteiger partial charge in [-0.05, 0) is 42.0 Å². The highest BCUT2D eigenvalue weighted by Gasteiger charge is 2.30. The van der Waals surface area contributed by atoms with E-state index < -0.39 is 21.8 Å². The van der Waals surface area contributed by atoms with E-state index in [9.17, 15) is 21.6 Å². The molecule has 27 heavy (non-hydrogen) atoms. The smallest absolute Gasteiger partial charge is 0.276 e. The van der Waals surface area contributed by atoms with E-state index in [1.54, 1.807) is 18.2 Å². The minimum atomic E-state index is -4.43. The fourth-order valence-electron chi connectivity index (χ4n) is 2.36. The van der Waals surface area contributed by atoms with Crippen molar-refractivity contribution in [2.75, 3.05) is 4.72 Å². The van der Waals surface area contributed by atoms with Crippen LogP contribution in [0.4, 0.5) is 18.9 Å². The highest BCUT2D eigenvalue weighted by molar-refractivity contribution is 9.10. The van der Waals surface area contributed by atoms with Gasteiger partial charge in [0.25, 0.3) is 10.0 Å². The number of aromatic nitrogens is 2. The first kappa shape index (κ1) is 19.4. The molecule has 0 unspecified atom stereocenters. The first-order chi connectivity index (χ1) is 12.6. The van der Waals surface area contributed by atoms with Gasteiger partial charge >= 0.3 is 6.18 Å². The topological polar surface area (TPSA) is 64.0 Å². The summed E-state index contributed by atoms with van der Waals surface area (Å²) < 4.78 is 67.5. The number of halogens is 4. The Morgan fingerprint density at radius 1 is 1.11 bits per heavy atom. The molecule has 0 saturated carbocycles. The molecule has 0 aliphatic rings. The predicted octanol–water partition coefficient (Wildman–Crippen LogP) is 4.51. The van der Waals surface area contributed by atoms with Crippen LogP contribution in [-0.2, 0) is 22.7 Å². The molecule has 0 fully saturated rings. The Morgan fingerprint density at radius 2 is 1.81 bits per heavy atom. The molecule has 5 nitrogen and oxygen atoms in total. The number of hydrogen-bond donors (Lipinski definition) is 1. The highest BCUT2D eigenvalue weighted by atomic mass is 79.9. The maximum absolute atomic E-state index is 12.8. The van der Waals surface area contributed by atoms with Gasteiger partial charge in [0.1, 0.15) is 0 Å². The summed E-state index contributed by atoms with van der Waals surface area (Å²) in [6.45, 7) is 0.0733. The van der Waals surface area contributed by atoms with Gasteiger partial charge in [0.2, 0.25) is 0 Å². The summed E-state index contributed by atoms with van der Waals surface area (Å²) in [4.78, 5) is 0.0799. The van der Waals surface area contributed by atoms with Crippen molar-refractivity contribution in [3.63, 3.8) is 0 Å². The standard InChI is InChI=1S/C17H13BrF3N3O2S/c18-14-4-6-16(7-5-14)27(25,26)23-15-9-22-24(11-15)10-12-2-1-3-13(8-12)17(19,20)21/h1-9,11,23H,10H2. The number of benzene rings is 2. The number of rotatable bonds is 5. The van der Waals surface area contributed by atoms with Crippen molar-refractivity contribution >= 4 is 31.6 Å². The molecule has 0 amide bonds. The van der Waals surface area contributed by atoms with Crippen LogP contribution in [0.5, 0.6) is 0 Å². The SMILES string of the molecule is O=S(=O)(Nc1cnn(Cc2cccc(C(F)(F)F)c2)c1)c1ccc(Br)cc1. The van der Waals surface area contributed by atoms with Crippen molar-refractivity contribution in [2.24, 2.45) is 0 Å². The molecule has 142 valence electrons. The maximum atomic E-state index is 12.8. The van der Waals surface area contributed by atoms with E-state index in [4.69, 9.17) is 0 Å². The van der Waals surface area contributed by atoms with Crippen LogP contribution in [-0.4, -0.2) is 18.2 Å². The molecule has 1 heterocycles. The Hall–Kier alpha value is -2.33. The fraction of sp³-hybridized carbons (Fsp3) is 0.118. The van der Waals surface area contributed by atoms with Crippen LogP contribution in [0.25, 0.3) is 0 Å². The van der Waals surface area contributed by atoms with Crippen molar-refractivity contribution in [1.29, 1.82) is 0 Å². The third-order valence-electron chi connectivity index (χ3n) is 3.61. The zero-order valence-corrected chi connectivity index (χ0v) is 16.0. The number of alkyl halides is 3. The summed E-state index contributed by atoms with van der Waals surface area (Å²) in [7, 11) is -3.79. The van der Waals surface area contributed by atoms with E-state index in [2.05, 4.69) is 25.8 Å². The van der Waals surface area contributed by atoms with E-state index >= 15 is 0 Å². The normalized spacial score (nSPS) is 12.1. The number of nitrogens with one attached hydrogen (secondary N) is 1. The lowest BCUT2D eigenvalue weighted by molar-refractivity contribution is -0.137. The molecule has 0 aliphatic heterocycles. The van der Waals surface area contributed by atoms with Crippen LogP contribution >= 0.6 is 15.9 Å². The van der Waals surface area contributed by atoms with Crippen LogP contribution in [0.3, 0.4) is 0 Å². The van der Waals surface area contributed by atoms with Gasteiger partial charge in [-0.15, -0.1) is 0 Å². The summed E-state index contributed by atoms with van der Waals surface area (Å²) in [6, 6.07) is 11.0. The second-order valence-electron chi connectivity index (χ2n) is 5.68. The second kappa shape index (κ2) is 7.35. The second-order valence-corrected chi connectivity index (χ2v) is 8.28.